The van der Waals surface area contributed by atoms with E-state index in [0.717, 1.165) is 5.56 Å². The molecule has 2 aromatic heterocycles. The van der Waals surface area contributed by atoms with Gasteiger partial charge in [-0.1, -0.05) is 28.9 Å². The van der Waals surface area contributed by atoms with Crippen molar-refractivity contribution < 1.29 is 18.5 Å². The van der Waals surface area contributed by atoms with Gasteiger partial charge in [0, 0.05) is 17.6 Å². The Morgan fingerprint density at radius 2 is 2.12 bits per heavy atom. The number of amides is 1. The lowest BCUT2D eigenvalue weighted by atomic mass is 10.1. The van der Waals surface area contributed by atoms with Crippen LogP contribution in [0.1, 0.15) is 22.2 Å². The van der Waals surface area contributed by atoms with Gasteiger partial charge in [0.25, 0.3) is 5.91 Å². The number of rotatable bonds is 3. The molecule has 3 aromatic rings. The molecular weight excluding hydrogens is 344 g/mol. The fourth-order valence-corrected chi connectivity index (χ4v) is 3.01. The summed E-state index contributed by atoms with van der Waals surface area (Å²) in [5, 5.41) is 4.51. The molecule has 4 rings (SSSR count). The summed E-state index contributed by atoms with van der Waals surface area (Å²) in [4.78, 5) is 14.4. The Labute approximate surface area is 148 Å². The lowest BCUT2D eigenvalue weighted by Gasteiger charge is -2.32. The quantitative estimate of drug-likeness (QED) is 0.712. The summed E-state index contributed by atoms with van der Waals surface area (Å²) in [6.45, 7) is 1.38. The van der Waals surface area contributed by atoms with Crippen LogP contribution in [-0.4, -0.2) is 35.7 Å². The van der Waals surface area contributed by atoms with Crippen LogP contribution in [-0.2, 0) is 4.74 Å². The van der Waals surface area contributed by atoms with Crippen molar-refractivity contribution in [1.82, 2.24) is 10.1 Å². The Morgan fingerprint density at radius 1 is 1.20 bits per heavy atom. The van der Waals surface area contributed by atoms with Crippen molar-refractivity contribution in [1.29, 1.82) is 0 Å². The van der Waals surface area contributed by atoms with E-state index in [1.54, 1.807) is 23.1 Å². The summed E-state index contributed by atoms with van der Waals surface area (Å²) in [5.74, 6) is 0.759. The monoisotopic (exact) mass is 358 g/mol. The third kappa shape index (κ3) is 3.31. The van der Waals surface area contributed by atoms with E-state index in [4.69, 9.17) is 25.3 Å². The van der Waals surface area contributed by atoms with Gasteiger partial charge in [-0.3, -0.25) is 4.79 Å². The largest absolute Gasteiger partial charge is 0.461 e. The van der Waals surface area contributed by atoms with Crippen molar-refractivity contribution in [3.05, 3.63) is 65.0 Å². The molecule has 7 heteroatoms. The zero-order valence-electron chi connectivity index (χ0n) is 13.2. The van der Waals surface area contributed by atoms with Crippen molar-refractivity contribution in [2.45, 2.75) is 6.10 Å². The van der Waals surface area contributed by atoms with Crippen molar-refractivity contribution in [2.75, 3.05) is 19.7 Å². The summed E-state index contributed by atoms with van der Waals surface area (Å²) in [6, 6.07) is 12.6. The van der Waals surface area contributed by atoms with Gasteiger partial charge < -0.3 is 18.6 Å². The molecule has 0 N–H and O–H groups in total. The number of benzene rings is 1. The number of furan rings is 1. The topological polar surface area (TPSA) is 68.7 Å². The third-order valence-corrected chi connectivity index (χ3v) is 4.30. The molecule has 0 radical (unpaired) electrons. The van der Waals surface area contributed by atoms with Gasteiger partial charge in [0.2, 0.25) is 5.76 Å². The molecule has 1 atom stereocenters. The second kappa shape index (κ2) is 6.74. The molecule has 1 aromatic carbocycles. The third-order valence-electron chi connectivity index (χ3n) is 4.07. The fourth-order valence-electron chi connectivity index (χ4n) is 2.82. The molecule has 1 saturated heterocycles. The molecule has 0 bridgehead atoms. The molecule has 128 valence electrons. The second-order valence-corrected chi connectivity index (χ2v) is 6.16. The number of hydrogen-bond acceptors (Lipinski definition) is 5. The number of hydrogen-bond donors (Lipinski definition) is 0. The highest BCUT2D eigenvalue weighted by Gasteiger charge is 2.28. The molecule has 1 aliphatic heterocycles. The maximum absolute atomic E-state index is 12.7. The Bertz CT molecular complexity index is 875. The normalized spacial score (nSPS) is 17.6. The Hall–Kier alpha value is -2.57. The molecule has 1 unspecified atom stereocenters. The first kappa shape index (κ1) is 15.9. The number of aromatic nitrogens is 1. The van der Waals surface area contributed by atoms with E-state index in [-0.39, 0.29) is 17.7 Å². The molecule has 1 fully saturated rings. The smallest absolute Gasteiger partial charge is 0.276 e. The number of nitrogens with zero attached hydrogens (tertiary/aromatic N) is 2. The van der Waals surface area contributed by atoms with Crippen LogP contribution in [0, 0.1) is 0 Å². The van der Waals surface area contributed by atoms with Gasteiger partial charge in [0.1, 0.15) is 6.10 Å². The van der Waals surface area contributed by atoms with Crippen LogP contribution < -0.4 is 0 Å². The van der Waals surface area contributed by atoms with Gasteiger partial charge in [-0.2, -0.15) is 0 Å². The molecule has 6 nitrogen and oxygen atoms in total. The number of halogens is 1. The van der Waals surface area contributed by atoms with Crippen LogP contribution in [0.5, 0.6) is 0 Å². The molecule has 25 heavy (non-hydrogen) atoms. The highest BCUT2D eigenvalue weighted by Crippen LogP contribution is 2.26. The average Bonchev–Trinajstić information content (AvgIpc) is 3.32. The SMILES string of the molecule is O=C(c1cc(-c2ccco2)on1)N1CCOC(c2cccc(Cl)c2)C1. The minimum atomic E-state index is -0.215. The molecule has 0 saturated carbocycles. The van der Waals surface area contributed by atoms with Crippen molar-refractivity contribution in [3.8, 4) is 11.5 Å². The molecule has 0 aliphatic carbocycles. The number of carbonyl (C=O) groups excluding carboxylic acids is 1. The zero-order chi connectivity index (χ0) is 17.2. The van der Waals surface area contributed by atoms with Gasteiger partial charge in [-0.05, 0) is 29.8 Å². The second-order valence-electron chi connectivity index (χ2n) is 5.72. The summed E-state index contributed by atoms with van der Waals surface area (Å²) >= 11 is 6.04. The fraction of sp³-hybridized carbons (Fsp3) is 0.222. The van der Waals surface area contributed by atoms with Crippen molar-refractivity contribution in [2.24, 2.45) is 0 Å². The van der Waals surface area contributed by atoms with E-state index in [0.29, 0.717) is 36.2 Å². The van der Waals surface area contributed by atoms with Crippen LogP contribution in [0.25, 0.3) is 11.5 Å². The minimum Gasteiger partial charge on any atom is -0.461 e. The van der Waals surface area contributed by atoms with Gasteiger partial charge in [-0.25, -0.2) is 0 Å². The van der Waals surface area contributed by atoms with Gasteiger partial charge in [-0.15, -0.1) is 0 Å². The predicted molar refractivity (Wildman–Crippen MR) is 90.3 cm³/mol. The summed E-state index contributed by atoms with van der Waals surface area (Å²) in [7, 11) is 0. The molecule has 1 aliphatic rings. The summed E-state index contributed by atoms with van der Waals surface area (Å²) < 4.78 is 16.2. The highest BCUT2D eigenvalue weighted by molar-refractivity contribution is 6.30. The maximum atomic E-state index is 12.7. The Kier molecular flexibility index (Phi) is 4.29. The Morgan fingerprint density at radius 3 is 2.92 bits per heavy atom. The lowest BCUT2D eigenvalue weighted by molar-refractivity contribution is -0.0231. The Balaban J connectivity index is 1.50. The van der Waals surface area contributed by atoms with Crippen LogP contribution in [0.2, 0.25) is 5.02 Å². The van der Waals surface area contributed by atoms with Crippen LogP contribution in [0.4, 0.5) is 0 Å². The van der Waals surface area contributed by atoms with Crippen LogP contribution >= 0.6 is 11.6 Å². The van der Waals surface area contributed by atoms with Crippen molar-refractivity contribution in [3.63, 3.8) is 0 Å². The zero-order valence-corrected chi connectivity index (χ0v) is 14.0. The van der Waals surface area contributed by atoms with Crippen molar-refractivity contribution >= 4 is 17.5 Å². The first-order valence-corrected chi connectivity index (χ1v) is 8.25. The van der Waals surface area contributed by atoms with Crippen LogP contribution in [0.3, 0.4) is 0 Å². The van der Waals surface area contributed by atoms with Gasteiger partial charge in [0.15, 0.2) is 11.5 Å². The highest BCUT2D eigenvalue weighted by atomic mass is 35.5. The van der Waals surface area contributed by atoms with E-state index >= 15 is 0 Å². The average molecular weight is 359 g/mol. The molecule has 0 spiro atoms. The lowest BCUT2D eigenvalue weighted by Crippen LogP contribution is -2.42. The van der Waals surface area contributed by atoms with Gasteiger partial charge in [0.05, 0.1) is 19.4 Å². The summed E-state index contributed by atoms with van der Waals surface area (Å²) in [5.41, 5.74) is 1.19. The first-order valence-electron chi connectivity index (χ1n) is 7.87. The summed E-state index contributed by atoms with van der Waals surface area (Å²) in [6.07, 6.45) is 1.32. The molecule has 1 amide bonds. The van der Waals surface area contributed by atoms with E-state index in [9.17, 15) is 4.79 Å². The van der Waals surface area contributed by atoms with E-state index in [1.807, 2.05) is 24.3 Å². The number of carbonyl (C=O) groups is 1. The van der Waals surface area contributed by atoms with E-state index < -0.39 is 0 Å². The molecular formula is C18H15ClN2O4. The van der Waals surface area contributed by atoms with Gasteiger partial charge >= 0.3 is 0 Å². The molecule has 3 heterocycles. The first-order chi connectivity index (χ1) is 12.2. The maximum Gasteiger partial charge on any atom is 0.276 e. The standard InChI is InChI=1S/C18H15ClN2O4/c19-13-4-1-3-12(9-13)17-11-21(6-8-24-17)18(22)14-10-16(25-20-14)15-5-2-7-23-15/h1-5,7,9-10,17H,6,8,11H2. The van der Waals surface area contributed by atoms with E-state index in [2.05, 4.69) is 5.16 Å². The van der Waals surface area contributed by atoms with Crippen LogP contribution in [0.15, 0.2) is 57.7 Å². The number of morpholine rings is 1. The predicted octanol–water partition coefficient (Wildman–Crippen LogP) is 3.80. The minimum absolute atomic E-state index is 0.197. The number of ether oxygens (including phenoxy) is 1. The van der Waals surface area contributed by atoms with E-state index in [1.165, 1.54) is 6.26 Å².